The number of nitrogens with zero attached hydrogens (tertiary/aromatic N) is 2. The largest absolute Gasteiger partial charge is 0.228 e. The average molecular weight is 1050 g/mol. The number of aryl methyl sites for hydroxylation is 12. The van der Waals surface area contributed by atoms with Crippen molar-refractivity contribution in [3.8, 4) is 101 Å². The molecule has 0 bridgehead atoms. The van der Waals surface area contributed by atoms with Crippen LogP contribution in [0.4, 0.5) is 0 Å². The Hall–Kier alpha value is -7.94. The first-order chi connectivity index (χ1) is 38.1. The molecule has 80 heavy (non-hydrogen) atoms. The summed E-state index contributed by atoms with van der Waals surface area (Å²) in [4.78, 5) is 11.4. The van der Waals surface area contributed by atoms with Crippen LogP contribution in [-0.4, -0.2) is 9.97 Å². The van der Waals surface area contributed by atoms with Crippen LogP contribution in [0.2, 0.25) is 0 Å². The fourth-order valence-corrected chi connectivity index (χ4v) is 11.7. The van der Waals surface area contributed by atoms with Gasteiger partial charge in [0.15, 0.2) is 5.82 Å². The van der Waals surface area contributed by atoms with E-state index >= 15 is 0 Å². The summed E-state index contributed by atoms with van der Waals surface area (Å²) >= 11 is 0. The molecule has 9 aromatic carbocycles. The molecular formula is C78H82N2. The van der Waals surface area contributed by atoms with Gasteiger partial charge in [0.1, 0.15) is 0 Å². The Kier molecular flexibility index (Phi) is 16.1. The van der Waals surface area contributed by atoms with Crippen LogP contribution in [0.15, 0.2) is 133 Å². The molecular weight excluding hydrogens is 965 g/mol. The normalized spacial score (nSPS) is 11.2. The fraction of sp³-hybridized carbons (Fsp3) is 0.256. The Labute approximate surface area is 480 Å². The van der Waals surface area contributed by atoms with E-state index in [2.05, 4.69) is 258 Å². The second-order valence-electron chi connectivity index (χ2n) is 23.1. The van der Waals surface area contributed by atoms with Crippen molar-refractivity contribution in [2.24, 2.45) is 0 Å². The van der Waals surface area contributed by atoms with Gasteiger partial charge in [-0.05, 0) is 322 Å². The quantitative estimate of drug-likeness (QED) is 0.144. The SMILES string of the molecule is CC.Cc1cc(-c2cc(-c3cc(-c4ccccc4)nc(-c4cc(-c5cc(C)c(C)c(C)c5)c(-c5cc(C)c(C)c(C)c5)c(-c5cc(C)c(C)c(C)c5)c4)n3)cc(-c3cc(C)c(C)c(C)c3)c2-c2cc(C)c(C)c(C)c2)cc(C)c1C. The number of hydrogen-bond donors (Lipinski definition) is 0. The molecule has 0 spiro atoms. The highest BCUT2D eigenvalue weighted by atomic mass is 14.9. The number of aromatic nitrogens is 2. The molecule has 0 N–H and O–H groups in total. The molecule has 0 amide bonds. The zero-order chi connectivity index (χ0) is 57.8. The third-order valence-corrected chi connectivity index (χ3v) is 18.0. The second kappa shape index (κ2) is 22.7. The van der Waals surface area contributed by atoms with Gasteiger partial charge in [-0.25, -0.2) is 9.97 Å². The van der Waals surface area contributed by atoms with Crippen molar-refractivity contribution in [1.29, 1.82) is 0 Å². The van der Waals surface area contributed by atoms with Gasteiger partial charge in [-0.1, -0.05) is 117 Å². The summed E-state index contributed by atoms with van der Waals surface area (Å²) in [5.41, 5.74) is 42.4. The molecule has 1 aromatic heterocycles. The van der Waals surface area contributed by atoms with Gasteiger partial charge in [0.25, 0.3) is 0 Å². The maximum Gasteiger partial charge on any atom is 0.160 e. The molecule has 0 aliphatic heterocycles. The Morgan fingerprint density at radius 2 is 0.438 bits per heavy atom. The van der Waals surface area contributed by atoms with Crippen molar-refractivity contribution in [1.82, 2.24) is 9.97 Å². The maximum absolute atomic E-state index is 5.81. The average Bonchev–Trinajstić information content (AvgIpc) is 3.44. The van der Waals surface area contributed by atoms with Crippen LogP contribution in [0, 0.1) is 125 Å². The van der Waals surface area contributed by atoms with Gasteiger partial charge in [-0.3, -0.25) is 0 Å². The summed E-state index contributed by atoms with van der Waals surface area (Å²) in [6, 6.07) is 51.1. The minimum Gasteiger partial charge on any atom is -0.228 e. The van der Waals surface area contributed by atoms with Crippen LogP contribution in [-0.2, 0) is 0 Å². The Morgan fingerprint density at radius 1 is 0.212 bits per heavy atom. The molecule has 404 valence electrons. The molecule has 0 aliphatic rings. The summed E-state index contributed by atoms with van der Waals surface area (Å²) in [6.07, 6.45) is 0. The van der Waals surface area contributed by atoms with Crippen LogP contribution >= 0.6 is 0 Å². The minimum atomic E-state index is 0.679. The molecule has 0 fully saturated rings. The van der Waals surface area contributed by atoms with Crippen molar-refractivity contribution in [2.45, 2.75) is 138 Å². The van der Waals surface area contributed by atoms with E-state index in [0.717, 1.165) is 39.2 Å². The van der Waals surface area contributed by atoms with E-state index in [4.69, 9.17) is 9.97 Å². The van der Waals surface area contributed by atoms with Crippen LogP contribution in [0.3, 0.4) is 0 Å². The third-order valence-electron chi connectivity index (χ3n) is 18.0. The van der Waals surface area contributed by atoms with Gasteiger partial charge >= 0.3 is 0 Å². The first-order valence-corrected chi connectivity index (χ1v) is 28.9. The van der Waals surface area contributed by atoms with E-state index in [9.17, 15) is 0 Å². The Balaban J connectivity index is 0.00000383. The molecule has 0 saturated carbocycles. The maximum atomic E-state index is 5.81. The summed E-state index contributed by atoms with van der Waals surface area (Å²) in [5, 5.41) is 0. The smallest absolute Gasteiger partial charge is 0.160 e. The van der Waals surface area contributed by atoms with Crippen molar-refractivity contribution in [3.63, 3.8) is 0 Å². The van der Waals surface area contributed by atoms with Gasteiger partial charge in [0.05, 0.1) is 11.4 Å². The van der Waals surface area contributed by atoms with Crippen LogP contribution in [0.25, 0.3) is 101 Å². The van der Waals surface area contributed by atoms with E-state index in [-0.39, 0.29) is 0 Å². The predicted octanol–water partition coefficient (Wildman–Crippen LogP) is 22.1. The zero-order valence-corrected chi connectivity index (χ0v) is 51.6. The minimum absolute atomic E-state index is 0.679. The summed E-state index contributed by atoms with van der Waals surface area (Å²) in [7, 11) is 0. The molecule has 10 aromatic rings. The first-order valence-electron chi connectivity index (χ1n) is 28.9. The summed E-state index contributed by atoms with van der Waals surface area (Å²) < 4.78 is 0. The molecule has 2 heteroatoms. The van der Waals surface area contributed by atoms with Crippen molar-refractivity contribution >= 4 is 0 Å². The second-order valence-corrected chi connectivity index (χ2v) is 23.1. The van der Waals surface area contributed by atoms with Gasteiger partial charge < -0.3 is 0 Å². The van der Waals surface area contributed by atoms with Gasteiger partial charge in [-0.15, -0.1) is 0 Å². The molecule has 0 radical (unpaired) electrons. The highest BCUT2D eigenvalue weighted by Gasteiger charge is 2.25. The number of rotatable bonds is 9. The molecule has 10 rings (SSSR count). The van der Waals surface area contributed by atoms with E-state index in [1.165, 1.54) is 156 Å². The van der Waals surface area contributed by atoms with E-state index in [1.54, 1.807) is 0 Å². The van der Waals surface area contributed by atoms with Crippen molar-refractivity contribution in [3.05, 3.63) is 234 Å². The van der Waals surface area contributed by atoms with Gasteiger partial charge in [0.2, 0.25) is 0 Å². The fourth-order valence-electron chi connectivity index (χ4n) is 11.7. The molecule has 0 saturated heterocycles. The molecule has 2 nitrogen and oxygen atoms in total. The molecule has 0 atom stereocenters. The lowest BCUT2D eigenvalue weighted by molar-refractivity contribution is 1.18. The predicted molar refractivity (Wildman–Crippen MR) is 348 cm³/mol. The van der Waals surface area contributed by atoms with Crippen LogP contribution in [0.5, 0.6) is 0 Å². The van der Waals surface area contributed by atoms with Crippen molar-refractivity contribution < 1.29 is 0 Å². The third kappa shape index (κ3) is 10.8. The Morgan fingerprint density at radius 3 is 0.700 bits per heavy atom. The van der Waals surface area contributed by atoms with Gasteiger partial charge in [0, 0.05) is 16.7 Å². The zero-order valence-electron chi connectivity index (χ0n) is 51.6. The molecule has 0 aliphatic carbocycles. The lowest BCUT2D eigenvalue weighted by Gasteiger charge is -2.23. The van der Waals surface area contributed by atoms with Crippen molar-refractivity contribution in [2.75, 3.05) is 0 Å². The standard InChI is InChI=1S/C76H76N2.C2H6/c1-41-24-60(25-42(2)53(41)13)68-36-64(37-69(61-26-43(3)54(14)44(4)27-61)74(68)65-32-49(9)57(17)50(10)33-65)73-40-72(59-22-20-19-21-23-59)77-76(78-73)67-38-70(62-28-45(5)55(15)46(6)29-62)75(66-34-51(11)58(18)52(12)35-66)71(39-67)63-30-47(7)56(16)48(8)31-63;1-2/h19-40H,1-18H3;1-2H3. The topological polar surface area (TPSA) is 25.8 Å². The molecule has 1 heterocycles. The van der Waals surface area contributed by atoms with Crippen LogP contribution < -0.4 is 0 Å². The van der Waals surface area contributed by atoms with E-state index < -0.39 is 0 Å². The first kappa shape index (κ1) is 56.8. The highest BCUT2D eigenvalue weighted by molar-refractivity contribution is 6.00. The lowest BCUT2D eigenvalue weighted by atomic mass is 9.82. The van der Waals surface area contributed by atoms with E-state index in [1.807, 2.05) is 13.8 Å². The van der Waals surface area contributed by atoms with Gasteiger partial charge in [-0.2, -0.15) is 0 Å². The monoisotopic (exact) mass is 1050 g/mol. The number of benzene rings is 9. The van der Waals surface area contributed by atoms with Crippen LogP contribution in [0.1, 0.15) is 114 Å². The summed E-state index contributed by atoms with van der Waals surface area (Å²) in [5.74, 6) is 0.679. The highest BCUT2D eigenvalue weighted by Crippen LogP contribution is 2.48. The number of hydrogen-bond acceptors (Lipinski definition) is 2. The Bertz CT molecular complexity index is 3550. The molecule has 0 unspecified atom stereocenters. The van der Waals surface area contributed by atoms with E-state index in [0.29, 0.717) is 5.82 Å². The summed E-state index contributed by atoms with van der Waals surface area (Å²) in [6.45, 7) is 44.4. The lowest BCUT2D eigenvalue weighted by Crippen LogP contribution is -2.01.